The predicted molar refractivity (Wildman–Crippen MR) is 83.3 cm³/mol. The van der Waals surface area contributed by atoms with Crippen molar-refractivity contribution in [3.63, 3.8) is 0 Å². The number of H-pyrrole nitrogens is 1. The molecule has 0 spiro atoms. The lowest BCUT2D eigenvalue weighted by molar-refractivity contribution is -0.116. The molecule has 0 radical (unpaired) electrons. The molecule has 0 saturated carbocycles. The van der Waals surface area contributed by atoms with E-state index in [9.17, 15) is 4.79 Å². The molecule has 0 fully saturated rings. The van der Waals surface area contributed by atoms with Crippen LogP contribution in [0.2, 0.25) is 0 Å². The number of rotatable bonds is 3. The first-order valence-electron chi connectivity index (χ1n) is 7.77. The van der Waals surface area contributed by atoms with Crippen LogP contribution in [0.5, 0.6) is 0 Å². The van der Waals surface area contributed by atoms with Gasteiger partial charge in [0.05, 0.1) is 0 Å². The molecule has 2 nitrogen and oxygen atoms in total. The molecule has 2 heteroatoms. The smallest absolute Gasteiger partial charge is 0.130 e. The van der Waals surface area contributed by atoms with Crippen molar-refractivity contribution >= 4 is 16.7 Å². The molecule has 2 aromatic rings. The van der Waals surface area contributed by atoms with Crippen molar-refractivity contribution in [3.05, 3.63) is 34.5 Å². The molecule has 0 bridgehead atoms. The Labute approximate surface area is 120 Å². The van der Waals surface area contributed by atoms with Gasteiger partial charge in [-0.3, -0.25) is 0 Å². The summed E-state index contributed by atoms with van der Waals surface area (Å²) in [5, 5.41) is 1.34. The number of Topliss-reactive ketones (excluding diaryl/α,β-unsaturated/α-hetero) is 1. The van der Waals surface area contributed by atoms with E-state index in [0.717, 1.165) is 6.42 Å². The second-order valence-electron chi connectivity index (χ2n) is 6.16. The van der Waals surface area contributed by atoms with Crippen LogP contribution in [0.25, 0.3) is 10.9 Å². The van der Waals surface area contributed by atoms with Crippen LogP contribution in [0.4, 0.5) is 0 Å². The van der Waals surface area contributed by atoms with Crippen molar-refractivity contribution in [1.29, 1.82) is 0 Å². The standard InChI is InChI=1S/C18H23NO/c1-12(20)8-9-16-13(2)19-18-11-15-7-5-3-4-6-14(15)10-17(16)18/h10-11,19H,3-9H2,1-2H3. The third-order valence-electron chi connectivity index (χ3n) is 4.56. The first-order valence-corrected chi connectivity index (χ1v) is 7.77. The van der Waals surface area contributed by atoms with Crippen molar-refractivity contribution in [2.24, 2.45) is 0 Å². The fourth-order valence-electron chi connectivity index (χ4n) is 3.42. The molecule has 0 unspecified atom stereocenters. The van der Waals surface area contributed by atoms with E-state index in [1.54, 1.807) is 6.92 Å². The zero-order valence-corrected chi connectivity index (χ0v) is 12.5. The van der Waals surface area contributed by atoms with Gasteiger partial charge >= 0.3 is 0 Å². The maximum absolute atomic E-state index is 11.3. The van der Waals surface area contributed by atoms with Gasteiger partial charge in [-0.15, -0.1) is 0 Å². The average Bonchev–Trinajstić information content (AvgIpc) is 2.58. The summed E-state index contributed by atoms with van der Waals surface area (Å²) in [6.07, 6.45) is 7.90. The van der Waals surface area contributed by atoms with Gasteiger partial charge < -0.3 is 9.78 Å². The Kier molecular flexibility index (Phi) is 3.64. The van der Waals surface area contributed by atoms with Gasteiger partial charge in [-0.1, -0.05) is 6.42 Å². The molecule has 0 aliphatic heterocycles. The Morgan fingerprint density at radius 3 is 2.55 bits per heavy atom. The summed E-state index contributed by atoms with van der Waals surface area (Å²) >= 11 is 0. The second kappa shape index (κ2) is 5.43. The molecule has 1 N–H and O–H groups in total. The first-order chi connectivity index (χ1) is 9.65. The van der Waals surface area contributed by atoms with Crippen LogP contribution in [0.3, 0.4) is 0 Å². The van der Waals surface area contributed by atoms with Crippen LogP contribution in [0.15, 0.2) is 12.1 Å². The molecule has 0 amide bonds. The zero-order chi connectivity index (χ0) is 14.1. The Hall–Kier alpha value is -1.57. The minimum Gasteiger partial charge on any atom is -0.358 e. The summed E-state index contributed by atoms with van der Waals surface area (Å²) in [6, 6.07) is 4.73. The quantitative estimate of drug-likeness (QED) is 0.829. The number of aryl methyl sites for hydroxylation is 4. The first kappa shape index (κ1) is 13.4. The number of nitrogens with one attached hydrogen (secondary N) is 1. The van der Waals surface area contributed by atoms with Gasteiger partial charge in [0.1, 0.15) is 5.78 Å². The van der Waals surface area contributed by atoms with Crippen molar-refractivity contribution in [2.75, 3.05) is 0 Å². The lowest BCUT2D eigenvalue weighted by atomic mass is 9.97. The molecular formula is C18H23NO. The van der Waals surface area contributed by atoms with Gasteiger partial charge in [-0.25, -0.2) is 0 Å². The van der Waals surface area contributed by atoms with Crippen molar-refractivity contribution in [3.8, 4) is 0 Å². The SMILES string of the molecule is CC(=O)CCc1c(C)[nH]c2cc3c(cc12)CCCCC3. The van der Waals surface area contributed by atoms with E-state index in [4.69, 9.17) is 0 Å². The molecule has 20 heavy (non-hydrogen) atoms. The highest BCUT2D eigenvalue weighted by Crippen LogP contribution is 2.30. The Morgan fingerprint density at radius 1 is 1.15 bits per heavy atom. The van der Waals surface area contributed by atoms with Crippen LogP contribution in [-0.4, -0.2) is 10.8 Å². The van der Waals surface area contributed by atoms with Gasteiger partial charge in [0.25, 0.3) is 0 Å². The Balaban J connectivity index is 2.05. The van der Waals surface area contributed by atoms with Gasteiger partial charge in [0.15, 0.2) is 0 Å². The summed E-state index contributed by atoms with van der Waals surface area (Å²) < 4.78 is 0. The van der Waals surface area contributed by atoms with Gasteiger partial charge in [-0.05, 0) is 74.8 Å². The lowest BCUT2D eigenvalue weighted by Crippen LogP contribution is -1.95. The number of aromatic amines is 1. The number of carbonyl (C=O) groups excluding carboxylic acids is 1. The monoisotopic (exact) mass is 269 g/mol. The number of ketones is 1. The number of hydrogen-bond acceptors (Lipinski definition) is 1. The van der Waals surface area contributed by atoms with E-state index >= 15 is 0 Å². The number of hydrogen-bond donors (Lipinski definition) is 1. The normalized spacial score (nSPS) is 15.1. The summed E-state index contributed by atoms with van der Waals surface area (Å²) in [4.78, 5) is 14.8. The van der Waals surface area contributed by atoms with Crippen molar-refractivity contribution in [2.45, 2.75) is 58.8 Å². The largest absolute Gasteiger partial charge is 0.358 e. The fraction of sp³-hybridized carbons (Fsp3) is 0.500. The van der Waals surface area contributed by atoms with E-state index in [0.29, 0.717) is 6.42 Å². The van der Waals surface area contributed by atoms with E-state index < -0.39 is 0 Å². The lowest BCUT2D eigenvalue weighted by Gasteiger charge is -2.07. The number of aromatic nitrogens is 1. The third-order valence-corrected chi connectivity index (χ3v) is 4.56. The van der Waals surface area contributed by atoms with Crippen LogP contribution >= 0.6 is 0 Å². The molecule has 3 rings (SSSR count). The number of fused-ring (bicyclic) bond motifs is 2. The van der Waals surface area contributed by atoms with Gasteiger partial charge in [0.2, 0.25) is 0 Å². The molecule has 1 heterocycles. The van der Waals surface area contributed by atoms with Crippen LogP contribution in [0.1, 0.15) is 55.0 Å². The van der Waals surface area contributed by atoms with Crippen LogP contribution in [0, 0.1) is 6.92 Å². The molecule has 1 aliphatic carbocycles. The van der Waals surface area contributed by atoms with E-state index in [-0.39, 0.29) is 5.78 Å². The topological polar surface area (TPSA) is 32.9 Å². The Bertz CT molecular complexity index is 651. The molecule has 106 valence electrons. The molecule has 1 aliphatic rings. The highest BCUT2D eigenvalue weighted by molar-refractivity contribution is 5.87. The summed E-state index contributed by atoms with van der Waals surface area (Å²) in [7, 11) is 0. The predicted octanol–water partition coefficient (Wildman–Crippen LogP) is 4.27. The molecule has 1 aromatic heterocycles. The fourth-order valence-corrected chi connectivity index (χ4v) is 3.42. The minimum atomic E-state index is 0.272. The van der Waals surface area contributed by atoms with Gasteiger partial charge in [0, 0.05) is 23.0 Å². The maximum Gasteiger partial charge on any atom is 0.130 e. The highest BCUT2D eigenvalue weighted by atomic mass is 16.1. The summed E-state index contributed by atoms with van der Waals surface area (Å²) in [5.41, 5.74) is 6.86. The van der Waals surface area contributed by atoms with E-state index in [1.165, 1.54) is 65.4 Å². The van der Waals surface area contributed by atoms with Crippen molar-refractivity contribution < 1.29 is 4.79 Å². The van der Waals surface area contributed by atoms with E-state index in [2.05, 4.69) is 24.0 Å². The maximum atomic E-state index is 11.3. The Morgan fingerprint density at radius 2 is 1.85 bits per heavy atom. The van der Waals surface area contributed by atoms with Crippen LogP contribution < -0.4 is 0 Å². The number of carbonyl (C=O) groups is 1. The third kappa shape index (κ3) is 2.52. The second-order valence-corrected chi connectivity index (χ2v) is 6.16. The summed E-state index contributed by atoms with van der Waals surface area (Å²) in [6.45, 7) is 3.80. The minimum absolute atomic E-state index is 0.272. The van der Waals surface area contributed by atoms with Gasteiger partial charge in [-0.2, -0.15) is 0 Å². The highest BCUT2D eigenvalue weighted by Gasteiger charge is 2.14. The molecular weight excluding hydrogens is 246 g/mol. The zero-order valence-electron chi connectivity index (χ0n) is 12.5. The van der Waals surface area contributed by atoms with E-state index in [1.807, 2.05) is 0 Å². The summed E-state index contributed by atoms with van der Waals surface area (Å²) in [5.74, 6) is 0.272. The molecule has 0 atom stereocenters. The van der Waals surface area contributed by atoms with Crippen molar-refractivity contribution in [1.82, 2.24) is 4.98 Å². The molecule has 1 aromatic carbocycles. The van der Waals surface area contributed by atoms with Crippen LogP contribution in [-0.2, 0) is 24.1 Å². The average molecular weight is 269 g/mol. The number of benzene rings is 1. The molecule has 0 saturated heterocycles.